The lowest BCUT2D eigenvalue weighted by Gasteiger charge is -2.18. The molecular formula is C17H24N2O5S. The third-order valence-corrected chi connectivity index (χ3v) is 4.78. The monoisotopic (exact) mass is 368 g/mol. The molecule has 0 saturated carbocycles. The second-order valence-corrected chi connectivity index (χ2v) is 7.61. The fourth-order valence-corrected chi connectivity index (χ4v) is 3.11. The first-order chi connectivity index (χ1) is 11.7. The van der Waals surface area contributed by atoms with Crippen molar-refractivity contribution in [1.82, 2.24) is 10.0 Å². The molecule has 0 aromatic heterocycles. The molecule has 7 nitrogen and oxygen atoms in total. The van der Waals surface area contributed by atoms with Gasteiger partial charge in [-0.2, -0.15) is 0 Å². The second-order valence-electron chi connectivity index (χ2n) is 5.84. The maximum atomic E-state index is 12.3. The number of hydrogen-bond donors (Lipinski definition) is 2. The van der Waals surface area contributed by atoms with E-state index < -0.39 is 27.9 Å². The minimum Gasteiger partial charge on any atom is -0.467 e. The van der Waals surface area contributed by atoms with Crippen molar-refractivity contribution < 1.29 is 22.7 Å². The smallest absolute Gasteiger partial charge is 0.328 e. The van der Waals surface area contributed by atoms with Gasteiger partial charge in [0.25, 0.3) is 5.91 Å². The van der Waals surface area contributed by atoms with E-state index in [2.05, 4.69) is 16.6 Å². The largest absolute Gasteiger partial charge is 0.467 e. The van der Waals surface area contributed by atoms with Crippen molar-refractivity contribution in [2.45, 2.75) is 31.2 Å². The van der Waals surface area contributed by atoms with Gasteiger partial charge in [-0.25, -0.2) is 17.9 Å². The van der Waals surface area contributed by atoms with Gasteiger partial charge in [0.15, 0.2) is 0 Å². The van der Waals surface area contributed by atoms with E-state index in [0.717, 1.165) is 0 Å². The summed E-state index contributed by atoms with van der Waals surface area (Å²) in [7, 11) is -2.39. The zero-order chi connectivity index (χ0) is 19.0. The first-order valence-electron chi connectivity index (χ1n) is 7.80. The number of rotatable bonds is 9. The summed E-state index contributed by atoms with van der Waals surface area (Å²) in [5.74, 6) is -0.804. The summed E-state index contributed by atoms with van der Waals surface area (Å²) in [6, 6.07) is 4.68. The third-order valence-electron chi connectivity index (χ3n) is 3.34. The van der Waals surface area contributed by atoms with Gasteiger partial charge in [0, 0.05) is 12.1 Å². The van der Waals surface area contributed by atoms with Crippen LogP contribution in [0.4, 0.5) is 0 Å². The Kier molecular flexibility index (Phi) is 7.79. The molecule has 0 aliphatic rings. The van der Waals surface area contributed by atoms with Gasteiger partial charge in [-0.1, -0.05) is 19.9 Å². The van der Waals surface area contributed by atoms with E-state index in [1.165, 1.54) is 37.5 Å². The van der Waals surface area contributed by atoms with Crippen molar-refractivity contribution >= 4 is 21.9 Å². The maximum absolute atomic E-state index is 12.3. The second kappa shape index (κ2) is 9.33. The van der Waals surface area contributed by atoms with E-state index >= 15 is 0 Å². The van der Waals surface area contributed by atoms with Crippen LogP contribution in [0.25, 0.3) is 0 Å². The van der Waals surface area contributed by atoms with E-state index in [1.807, 2.05) is 13.8 Å². The Bertz CT molecular complexity index is 711. The molecule has 0 aliphatic carbocycles. The molecule has 0 heterocycles. The number of methoxy groups -OCH3 is 1. The molecule has 1 atom stereocenters. The van der Waals surface area contributed by atoms with Crippen LogP contribution in [-0.2, 0) is 19.6 Å². The topological polar surface area (TPSA) is 102 Å². The fraction of sp³-hybridized carbons (Fsp3) is 0.412. The molecule has 25 heavy (non-hydrogen) atoms. The van der Waals surface area contributed by atoms with Crippen LogP contribution in [0, 0.1) is 5.92 Å². The van der Waals surface area contributed by atoms with E-state index in [0.29, 0.717) is 6.42 Å². The van der Waals surface area contributed by atoms with E-state index in [-0.39, 0.29) is 22.9 Å². The zero-order valence-electron chi connectivity index (χ0n) is 14.6. The lowest BCUT2D eigenvalue weighted by molar-refractivity contribution is -0.143. The minimum absolute atomic E-state index is 0.0394. The van der Waals surface area contributed by atoms with Gasteiger partial charge < -0.3 is 10.1 Å². The van der Waals surface area contributed by atoms with Crippen LogP contribution in [-0.4, -0.2) is 40.0 Å². The van der Waals surface area contributed by atoms with Gasteiger partial charge in [-0.15, -0.1) is 6.58 Å². The molecule has 1 aromatic rings. The van der Waals surface area contributed by atoms with Crippen molar-refractivity contribution in [3.8, 4) is 0 Å². The molecule has 0 spiro atoms. The van der Waals surface area contributed by atoms with Gasteiger partial charge >= 0.3 is 5.97 Å². The normalized spacial score (nSPS) is 12.5. The van der Waals surface area contributed by atoms with Gasteiger partial charge in [0.05, 0.1) is 12.0 Å². The average molecular weight is 368 g/mol. The molecule has 0 saturated heterocycles. The standard InChI is InChI=1S/C17H24N2O5S/c1-5-10-18-25(22,23)14-8-6-13(7-9-14)16(20)19-15(11-12(2)3)17(21)24-4/h5-9,12,15,18H,1,10-11H2,2-4H3,(H,19,20). The Morgan fingerprint density at radius 1 is 1.24 bits per heavy atom. The predicted octanol–water partition coefficient (Wildman–Crippen LogP) is 1.47. The number of esters is 1. The average Bonchev–Trinajstić information content (AvgIpc) is 2.58. The SMILES string of the molecule is C=CCNS(=O)(=O)c1ccc(C(=O)NC(CC(C)C)C(=O)OC)cc1. The summed E-state index contributed by atoms with van der Waals surface area (Å²) in [6.07, 6.45) is 1.87. The quantitative estimate of drug-likeness (QED) is 0.508. The Hall–Kier alpha value is -2.19. The molecule has 0 fully saturated rings. The number of hydrogen-bond acceptors (Lipinski definition) is 5. The molecule has 1 aromatic carbocycles. The number of benzene rings is 1. The van der Waals surface area contributed by atoms with Crippen molar-refractivity contribution in [2.24, 2.45) is 5.92 Å². The summed E-state index contributed by atoms with van der Waals surface area (Å²) in [5, 5.41) is 2.62. The van der Waals surface area contributed by atoms with Crippen molar-refractivity contribution in [2.75, 3.05) is 13.7 Å². The van der Waals surface area contributed by atoms with Crippen LogP contribution < -0.4 is 10.0 Å². The molecule has 8 heteroatoms. The lowest BCUT2D eigenvalue weighted by Crippen LogP contribution is -2.42. The zero-order valence-corrected chi connectivity index (χ0v) is 15.4. The molecule has 0 bridgehead atoms. The first-order valence-corrected chi connectivity index (χ1v) is 9.29. The van der Waals surface area contributed by atoms with Crippen molar-refractivity contribution in [1.29, 1.82) is 0 Å². The highest BCUT2D eigenvalue weighted by atomic mass is 32.2. The molecule has 2 N–H and O–H groups in total. The van der Waals surface area contributed by atoms with Crippen LogP contribution >= 0.6 is 0 Å². The lowest BCUT2D eigenvalue weighted by atomic mass is 10.0. The molecular weight excluding hydrogens is 344 g/mol. The summed E-state index contributed by atoms with van der Waals surface area (Å²) in [5.41, 5.74) is 0.250. The molecule has 0 aliphatic heterocycles. The van der Waals surface area contributed by atoms with E-state index in [1.54, 1.807) is 0 Å². The summed E-state index contributed by atoms with van der Waals surface area (Å²) in [6.45, 7) is 7.42. The first kappa shape index (κ1) is 20.9. The van der Waals surface area contributed by atoms with Crippen LogP contribution in [0.2, 0.25) is 0 Å². The van der Waals surface area contributed by atoms with Crippen LogP contribution in [0.3, 0.4) is 0 Å². The highest BCUT2D eigenvalue weighted by Crippen LogP contribution is 2.12. The molecule has 138 valence electrons. The maximum Gasteiger partial charge on any atom is 0.328 e. The van der Waals surface area contributed by atoms with Crippen LogP contribution in [0.5, 0.6) is 0 Å². The number of sulfonamides is 1. The summed E-state index contributed by atoms with van der Waals surface area (Å²) in [4.78, 5) is 24.1. The number of carbonyl (C=O) groups is 2. The Balaban J connectivity index is 2.88. The number of carbonyl (C=O) groups excluding carboxylic acids is 2. The molecule has 0 radical (unpaired) electrons. The highest BCUT2D eigenvalue weighted by Gasteiger charge is 2.23. The van der Waals surface area contributed by atoms with Crippen molar-refractivity contribution in [3.05, 3.63) is 42.5 Å². The Morgan fingerprint density at radius 2 is 1.84 bits per heavy atom. The predicted molar refractivity (Wildman–Crippen MR) is 94.6 cm³/mol. The highest BCUT2D eigenvalue weighted by molar-refractivity contribution is 7.89. The van der Waals surface area contributed by atoms with E-state index in [9.17, 15) is 18.0 Å². The van der Waals surface area contributed by atoms with Crippen molar-refractivity contribution in [3.63, 3.8) is 0 Å². The van der Waals surface area contributed by atoms with Gasteiger partial charge in [-0.3, -0.25) is 4.79 Å². The molecule has 1 amide bonds. The Morgan fingerprint density at radius 3 is 2.32 bits per heavy atom. The number of ether oxygens (including phenoxy) is 1. The Labute approximate surface area is 148 Å². The van der Waals surface area contributed by atoms with Gasteiger partial charge in [-0.05, 0) is 36.6 Å². The minimum atomic E-state index is -3.65. The van der Waals surface area contributed by atoms with Crippen LogP contribution in [0.15, 0.2) is 41.8 Å². The van der Waals surface area contributed by atoms with E-state index in [4.69, 9.17) is 4.74 Å². The third kappa shape index (κ3) is 6.32. The summed E-state index contributed by atoms with van der Waals surface area (Å²) < 4.78 is 31.0. The van der Waals surface area contributed by atoms with Gasteiger partial charge in [0.1, 0.15) is 6.04 Å². The number of amides is 1. The summed E-state index contributed by atoms with van der Waals surface area (Å²) >= 11 is 0. The fourth-order valence-electron chi connectivity index (χ4n) is 2.11. The van der Waals surface area contributed by atoms with Crippen LogP contribution in [0.1, 0.15) is 30.6 Å². The number of nitrogens with one attached hydrogen (secondary N) is 2. The molecule has 1 rings (SSSR count). The van der Waals surface area contributed by atoms with Gasteiger partial charge in [0.2, 0.25) is 10.0 Å². The molecule has 1 unspecified atom stereocenters.